The number of nitrogens with zero attached hydrogens (tertiary/aromatic N) is 3. The lowest BCUT2D eigenvalue weighted by atomic mass is 9.65. The average molecular weight is 548 g/mol. The summed E-state index contributed by atoms with van der Waals surface area (Å²) in [5, 5.41) is 11.7. The lowest BCUT2D eigenvalue weighted by Gasteiger charge is -2.41. The van der Waals surface area contributed by atoms with Crippen molar-refractivity contribution in [2.24, 2.45) is 17.8 Å². The van der Waals surface area contributed by atoms with Crippen LogP contribution >= 0.6 is 11.8 Å². The number of carbonyl (C=O) groups excluding carboxylic acids is 3. The number of hydrogen-bond acceptors (Lipinski definition) is 5. The number of fused-ring (bicyclic) bond motifs is 2. The first-order valence-corrected chi connectivity index (χ1v) is 14.5. The topological polar surface area (TPSA) is 81.2 Å². The number of benzene rings is 2. The van der Waals surface area contributed by atoms with Gasteiger partial charge < -0.3 is 19.8 Å². The normalized spacial score (nSPS) is 28.9. The second-order valence-corrected chi connectivity index (χ2v) is 12.5. The Morgan fingerprint density at radius 3 is 2.54 bits per heavy atom. The summed E-state index contributed by atoms with van der Waals surface area (Å²) in [6.07, 6.45) is 4.54. The van der Waals surface area contributed by atoms with E-state index in [9.17, 15) is 19.5 Å². The Morgan fingerprint density at radius 2 is 1.85 bits per heavy atom. The van der Waals surface area contributed by atoms with Crippen LogP contribution in [0.5, 0.6) is 0 Å². The average Bonchev–Trinajstić information content (AvgIpc) is 3.53. The second kappa shape index (κ2) is 10.8. The van der Waals surface area contributed by atoms with Crippen LogP contribution in [-0.2, 0) is 14.4 Å². The lowest BCUT2D eigenvalue weighted by Crippen LogP contribution is -2.57. The summed E-state index contributed by atoms with van der Waals surface area (Å²) in [4.78, 5) is 47.5. The number of anilines is 1. The summed E-state index contributed by atoms with van der Waals surface area (Å²) < 4.78 is -0.708. The molecule has 0 saturated carbocycles. The van der Waals surface area contributed by atoms with Gasteiger partial charge >= 0.3 is 0 Å². The van der Waals surface area contributed by atoms with Gasteiger partial charge in [0.2, 0.25) is 11.8 Å². The van der Waals surface area contributed by atoms with Gasteiger partial charge in [-0.15, -0.1) is 24.9 Å². The van der Waals surface area contributed by atoms with Gasteiger partial charge in [-0.1, -0.05) is 49.4 Å². The van der Waals surface area contributed by atoms with Crippen LogP contribution in [0, 0.1) is 17.8 Å². The predicted octanol–water partition coefficient (Wildman–Crippen LogP) is 3.72. The quantitative estimate of drug-likeness (QED) is 0.459. The van der Waals surface area contributed by atoms with Crippen molar-refractivity contribution < 1.29 is 19.5 Å². The number of likely N-dealkylation sites (N-methyl/N-ethyl adjacent to an activating group) is 1. The van der Waals surface area contributed by atoms with E-state index in [1.807, 2.05) is 42.5 Å². The molecule has 1 N–H and O–H groups in total. The van der Waals surface area contributed by atoms with Crippen LogP contribution in [0.3, 0.4) is 0 Å². The van der Waals surface area contributed by atoms with Crippen molar-refractivity contribution in [3.05, 3.63) is 67.8 Å². The number of thioether (sulfide) groups is 1. The molecule has 0 aromatic heterocycles. The fraction of sp³-hybridized carbons (Fsp3) is 0.452. The summed E-state index contributed by atoms with van der Waals surface area (Å²) in [7, 11) is 1.74. The molecule has 3 fully saturated rings. The molecular weight excluding hydrogens is 510 g/mol. The maximum Gasteiger partial charge on any atom is 0.251 e. The van der Waals surface area contributed by atoms with Gasteiger partial charge in [0.15, 0.2) is 0 Å². The molecule has 2 bridgehead atoms. The summed E-state index contributed by atoms with van der Waals surface area (Å²) in [5.74, 6) is -1.35. The molecule has 2 aromatic carbocycles. The molecule has 6 atom stereocenters. The van der Waals surface area contributed by atoms with Crippen molar-refractivity contribution in [1.29, 1.82) is 0 Å². The third-order valence-corrected chi connectivity index (χ3v) is 10.8. The molecule has 206 valence electrons. The number of hydrogen-bond donors (Lipinski definition) is 1. The molecule has 0 aliphatic carbocycles. The second-order valence-electron chi connectivity index (χ2n) is 10.9. The number of rotatable bonds is 10. The molecule has 1 spiro atoms. The first kappa shape index (κ1) is 27.5. The third-order valence-electron chi connectivity index (χ3n) is 8.72. The SMILES string of the molecule is C=CCN(C)C(=O)[C@@H]1[C@@H]2CC(C)C3(S2)C(C(=O)N(CC=C)c2ccc4ccccc4c2)N(CCCO)C(=O)[C@H]13. The van der Waals surface area contributed by atoms with E-state index >= 15 is 0 Å². The van der Waals surface area contributed by atoms with E-state index in [0.717, 1.165) is 22.9 Å². The van der Waals surface area contributed by atoms with Crippen LogP contribution in [0.25, 0.3) is 10.8 Å². The molecule has 5 rings (SSSR count). The number of carbonyl (C=O) groups is 3. The van der Waals surface area contributed by atoms with Crippen LogP contribution in [0.1, 0.15) is 19.8 Å². The maximum absolute atomic E-state index is 14.7. The van der Waals surface area contributed by atoms with E-state index < -0.39 is 22.6 Å². The third kappa shape index (κ3) is 4.28. The van der Waals surface area contributed by atoms with E-state index in [4.69, 9.17) is 0 Å². The van der Waals surface area contributed by atoms with Gasteiger partial charge in [0.25, 0.3) is 5.91 Å². The lowest BCUT2D eigenvalue weighted by molar-refractivity contribution is -0.143. The Morgan fingerprint density at radius 1 is 1.13 bits per heavy atom. The summed E-state index contributed by atoms with van der Waals surface area (Å²) in [6.45, 7) is 10.7. The highest BCUT2D eigenvalue weighted by Gasteiger charge is 2.76. The number of aliphatic hydroxyl groups excluding tert-OH is 1. The Bertz CT molecular complexity index is 1310. The van der Waals surface area contributed by atoms with Crippen molar-refractivity contribution in [2.45, 2.75) is 35.8 Å². The van der Waals surface area contributed by atoms with Crippen LogP contribution in [0.4, 0.5) is 5.69 Å². The van der Waals surface area contributed by atoms with E-state index in [0.29, 0.717) is 19.5 Å². The number of amides is 3. The standard InChI is InChI=1S/C31H37N3O4S/c1-5-14-32(4)28(36)25-24-18-20(3)31(39-24)26(25)29(37)34(16-9-17-35)27(31)30(38)33(15-6-2)23-13-12-21-10-7-8-11-22(21)19-23/h5-8,10-13,19-20,24-27,35H,1-2,9,14-18H2,3-4H3/t20?,24-,25+,26-,27?,31?/m0/s1. The Kier molecular flexibility index (Phi) is 7.62. The highest BCUT2D eigenvalue weighted by Crippen LogP contribution is 2.68. The summed E-state index contributed by atoms with van der Waals surface area (Å²) in [6, 6.07) is 13.2. The minimum absolute atomic E-state index is 0.0162. The van der Waals surface area contributed by atoms with Gasteiger partial charge in [0.05, 0.1) is 16.6 Å². The molecule has 2 aromatic rings. The zero-order chi connectivity index (χ0) is 27.9. The monoisotopic (exact) mass is 547 g/mol. The highest BCUT2D eigenvalue weighted by molar-refractivity contribution is 8.02. The molecular formula is C31H37N3O4S. The number of likely N-dealkylation sites (tertiary alicyclic amines) is 1. The fourth-order valence-corrected chi connectivity index (χ4v) is 9.45. The van der Waals surface area contributed by atoms with E-state index in [1.54, 1.807) is 45.7 Å². The smallest absolute Gasteiger partial charge is 0.251 e. The van der Waals surface area contributed by atoms with E-state index in [2.05, 4.69) is 20.1 Å². The Balaban J connectivity index is 1.59. The first-order valence-electron chi connectivity index (χ1n) is 13.7. The van der Waals surface area contributed by atoms with Crippen molar-refractivity contribution >= 4 is 45.9 Å². The maximum atomic E-state index is 14.7. The summed E-state index contributed by atoms with van der Waals surface area (Å²) >= 11 is 1.67. The zero-order valence-electron chi connectivity index (χ0n) is 22.7. The molecule has 3 unspecified atom stereocenters. The molecule has 3 amide bonds. The van der Waals surface area contributed by atoms with Gasteiger partial charge in [-0.25, -0.2) is 0 Å². The van der Waals surface area contributed by atoms with Crippen LogP contribution < -0.4 is 4.90 Å². The Hall–Kier alpha value is -3.10. The largest absolute Gasteiger partial charge is 0.396 e. The molecule has 7 nitrogen and oxygen atoms in total. The van der Waals surface area contributed by atoms with E-state index in [-0.39, 0.29) is 42.0 Å². The van der Waals surface area contributed by atoms with Crippen LogP contribution in [0.2, 0.25) is 0 Å². The van der Waals surface area contributed by atoms with Gasteiger partial charge in [-0.05, 0) is 41.7 Å². The van der Waals surface area contributed by atoms with Crippen molar-refractivity contribution in [3.63, 3.8) is 0 Å². The van der Waals surface area contributed by atoms with Gasteiger partial charge in [0.1, 0.15) is 6.04 Å². The molecule has 3 saturated heterocycles. The minimum Gasteiger partial charge on any atom is -0.396 e. The molecule has 3 aliphatic heterocycles. The van der Waals surface area contributed by atoms with E-state index in [1.165, 1.54) is 0 Å². The first-order chi connectivity index (χ1) is 18.8. The van der Waals surface area contributed by atoms with Gasteiger partial charge in [0, 0.05) is 44.2 Å². The Labute approximate surface area is 234 Å². The molecule has 39 heavy (non-hydrogen) atoms. The van der Waals surface area contributed by atoms with Gasteiger partial charge in [-0.2, -0.15) is 0 Å². The van der Waals surface area contributed by atoms with Crippen molar-refractivity contribution in [1.82, 2.24) is 9.80 Å². The minimum atomic E-state index is -0.736. The predicted molar refractivity (Wildman–Crippen MR) is 156 cm³/mol. The summed E-state index contributed by atoms with van der Waals surface area (Å²) in [5.41, 5.74) is 0.747. The van der Waals surface area contributed by atoms with Crippen LogP contribution in [0.15, 0.2) is 67.8 Å². The van der Waals surface area contributed by atoms with Crippen molar-refractivity contribution in [2.75, 3.05) is 38.2 Å². The molecule has 8 heteroatoms. The molecule has 0 radical (unpaired) electrons. The number of aliphatic hydroxyl groups is 1. The fourth-order valence-electron chi connectivity index (χ4n) is 7.04. The van der Waals surface area contributed by atoms with Crippen molar-refractivity contribution in [3.8, 4) is 0 Å². The van der Waals surface area contributed by atoms with Gasteiger partial charge in [-0.3, -0.25) is 14.4 Å². The highest BCUT2D eigenvalue weighted by atomic mass is 32.2. The zero-order valence-corrected chi connectivity index (χ0v) is 23.5. The van der Waals surface area contributed by atoms with Crippen LogP contribution in [-0.4, -0.2) is 82.0 Å². The molecule has 3 heterocycles. The molecule has 3 aliphatic rings.